The number of nitrogens with one attached hydrogen (secondary N) is 1. The molecule has 1 fully saturated rings. The van der Waals surface area contributed by atoms with E-state index in [4.69, 9.17) is 42.3 Å². The van der Waals surface area contributed by atoms with Crippen LogP contribution >= 0.6 is 31.4 Å². The van der Waals surface area contributed by atoms with Crippen LogP contribution in [0.3, 0.4) is 0 Å². The number of nitrogens with zero attached hydrogens (tertiary/aromatic N) is 1. The fourth-order valence-corrected chi connectivity index (χ4v) is 5.81. The topological polar surface area (TPSA) is 149 Å². The van der Waals surface area contributed by atoms with Crippen molar-refractivity contribution < 1.29 is 38.1 Å². The van der Waals surface area contributed by atoms with Crippen molar-refractivity contribution in [3.05, 3.63) is 56.7 Å². The first-order valence-corrected chi connectivity index (χ1v) is 13.0. The molecule has 192 valence electrons. The van der Waals surface area contributed by atoms with E-state index in [0.29, 0.717) is 5.02 Å². The summed E-state index contributed by atoms with van der Waals surface area (Å²) in [4.78, 5) is 25.8. The van der Waals surface area contributed by atoms with Crippen LogP contribution in [-0.2, 0) is 23.4 Å². The zero-order chi connectivity index (χ0) is 26.0. The summed E-state index contributed by atoms with van der Waals surface area (Å²) in [5.41, 5.74) is -2.28. The summed E-state index contributed by atoms with van der Waals surface area (Å²) in [6.45, 7) is 2.38. The lowest BCUT2D eigenvalue weighted by Crippen LogP contribution is -2.44. The molecule has 1 aromatic heterocycles. The van der Waals surface area contributed by atoms with Gasteiger partial charge in [0.05, 0.1) is 25.8 Å². The first-order valence-electron chi connectivity index (χ1n) is 10.5. The third kappa shape index (κ3) is 6.39. The number of carbonyl (C=O) groups is 1. The minimum Gasteiger partial charge on any atom is -0.469 e. The van der Waals surface area contributed by atoms with Gasteiger partial charge >= 0.3 is 13.6 Å². The predicted octanol–water partition coefficient (Wildman–Crippen LogP) is 2.67. The molecule has 1 aliphatic rings. The standard InChI is InChI=1S/C21H26ClN2O9PS/c1-12(18(27)30-3)11-34(29,33-14-6-4-13(22)5-7-14)31-10-15-17(26)21(2,28)19(32-15)24-9-8-16(25)23-20(24)35/h4-9,12,15,17,19,26,28H,10-11H2,1-3H3,(H,23,25,35)/t12-,15-,17+,19-,21?,34+/m1/s1. The van der Waals surface area contributed by atoms with Crippen molar-refractivity contribution in [2.24, 2.45) is 5.92 Å². The van der Waals surface area contributed by atoms with E-state index in [1.54, 1.807) is 0 Å². The van der Waals surface area contributed by atoms with Crippen LogP contribution in [0.4, 0.5) is 0 Å². The molecule has 1 aliphatic heterocycles. The number of hydrogen-bond acceptors (Lipinski definition) is 10. The fourth-order valence-electron chi connectivity index (χ4n) is 3.56. The van der Waals surface area contributed by atoms with Gasteiger partial charge < -0.3 is 24.2 Å². The first kappa shape index (κ1) is 27.5. The van der Waals surface area contributed by atoms with Crippen molar-refractivity contribution >= 4 is 37.4 Å². The normalized spacial score (nSPS) is 26.6. The Hall–Kier alpha value is -2.05. The minimum atomic E-state index is -4.00. The van der Waals surface area contributed by atoms with Crippen LogP contribution < -0.4 is 10.1 Å². The summed E-state index contributed by atoms with van der Waals surface area (Å²) in [6, 6.07) is 7.23. The van der Waals surface area contributed by atoms with Gasteiger partial charge in [-0.25, -0.2) is 4.57 Å². The largest absolute Gasteiger partial charge is 0.469 e. The highest BCUT2D eigenvalue weighted by atomic mass is 35.5. The summed E-state index contributed by atoms with van der Waals surface area (Å²) in [7, 11) is -2.79. The molecule has 1 unspecified atom stereocenters. The maximum Gasteiger partial charge on any atom is 0.380 e. The van der Waals surface area contributed by atoms with E-state index in [1.165, 1.54) is 62.1 Å². The molecule has 2 aromatic rings. The molecule has 2 heterocycles. The maximum absolute atomic E-state index is 13.6. The van der Waals surface area contributed by atoms with E-state index in [0.717, 1.165) is 0 Å². The summed E-state index contributed by atoms with van der Waals surface area (Å²) in [5.74, 6) is -1.25. The Morgan fingerprint density at radius 3 is 2.63 bits per heavy atom. The summed E-state index contributed by atoms with van der Waals surface area (Å²) in [5, 5.41) is 22.1. The SMILES string of the molecule is COC(=O)[C@H](C)C[P@](=O)(OC[C@H]1O[C@@H](n2ccc(=O)[nH]c2=S)C(C)(O)[C@H]1O)Oc1ccc(Cl)cc1. The number of ether oxygens (including phenoxy) is 2. The number of aromatic amines is 1. The van der Waals surface area contributed by atoms with Gasteiger partial charge in [-0.3, -0.25) is 23.7 Å². The van der Waals surface area contributed by atoms with Crippen LogP contribution in [-0.4, -0.2) is 63.4 Å². The van der Waals surface area contributed by atoms with Gasteiger partial charge in [0.25, 0.3) is 5.56 Å². The van der Waals surface area contributed by atoms with Crippen molar-refractivity contribution in [3.63, 3.8) is 0 Å². The maximum atomic E-state index is 13.6. The van der Waals surface area contributed by atoms with Gasteiger partial charge in [0, 0.05) is 17.3 Å². The van der Waals surface area contributed by atoms with Gasteiger partial charge in [0.15, 0.2) is 11.0 Å². The van der Waals surface area contributed by atoms with E-state index < -0.39 is 55.7 Å². The van der Waals surface area contributed by atoms with Crippen molar-refractivity contribution in [2.45, 2.75) is 37.9 Å². The monoisotopic (exact) mass is 548 g/mol. The second kappa shape index (κ2) is 10.9. The van der Waals surface area contributed by atoms with E-state index >= 15 is 0 Å². The number of aromatic nitrogens is 2. The van der Waals surface area contributed by atoms with Gasteiger partial charge in [-0.2, -0.15) is 0 Å². The molecular formula is C21H26ClN2O9PS. The van der Waals surface area contributed by atoms with Crippen LogP contribution in [0.25, 0.3) is 0 Å². The van der Waals surface area contributed by atoms with Crippen LogP contribution in [0, 0.1) is 10.7 Å². The lowest BCUT2D eigenvalue weighted by atomic mass is 9.96. The molecule has 0 bridgehead atoms. The van der Waals surface area contributed by atoms with E-state index in [2.05, 4.69) is 4.98 Å². The van der Waals surface area contributed by atoms with Crippen LogP contribution in [0.5, 0.6) is 5.75 Å². The Balaban J connectivity index is 1.81. The summed E-state index contributed by atoms with van der Waals surface area (Å²) >= 11 is 11.0. The van der Waals surface area contributed by atoms with Crippen molar-refractivity contribution in [1.29, 1.82) is 0 Å². The smallest absolute Gasteiger partial charge is 0.380 e. The zero-order valence-electron chi connectivity index (χ0n) is 19.1. The Kier molecular flexibility index (Phi) is 8.59. The molecule has 3 rings (SSSR count). The number of benzene rings is 1. The molecule has 0 spiro atoms. The molecule has 6 atom stereocenters. The molecule has 1 aromatic carbocycles. The fraction of sp³-hybridized carbons (Fsp3) is 0.476. The highest BCUT2D eigenvalue weighted by molar-refractivity contribution is 7.71. The molecule has 0 aliphatic carbocycles. The molecule has 0 amide bonds. The summed E-state index contributed by atoms with van der Waals surface area (Å²) in [6.07, 6.45) is -2.82. The zero-order valence-corrected chi connectivity index (χ0v) is 21.6. The lowest BCUT2D eigenvalue weighted by Gasteiger charge is -2.28. The molecule has 11 nitrogen and oxygen atoms in total. The molecule has 1 saturated heterocycles. The molecular weight excluding hydrogens is 523 g/mol. The number of H-pyrrole nitrogens is 1. The van der Waals surface area contributed by atoms with Crippen LogP contribution in [0.1, 0.15) is 20.1 Å². The second-order valence-electron chi connectivity index (χ2n) is 8.27. The number of hydrogen-bond donors (Lipinski definition) is 3. The van der Waals surface area contributed by atoms with Crippen LogP contribution in [0.2, 0.25) is 5.02 Å². The third-order valence-corrected chi connectivity index (χ3v) is 8.04. The average molecular weight is 549 g/mol. The first-order chi connectivity index (χ1) is 16.4. The molecule has 35 heavy (non-hydrogen) atoms. The van der Waals surface area contributed by atoms with Gasteiger partial charge in [-0.15, -0.1) is 0 Å². The third-order valence-electron chi connectivity index (χ3n) is 5.45. The van der Waals surface area contributed by atoms with Gasteiger partial charge in [0.1, 0.15) is 23.6 Å². The highest BCUT2D eigenvalue weighted by Gasteiger charge is 2.53. The minimum absolute atomic E-state index is 0.0276. The van der Waals surface area contributed by atoms with Gasteiger partial charge in [-0.05, 0) is 43.4 Å². The molecule has 0 saturated carbocycles. The Bertz CT molecular complexity index is 1220. The highest BCUT2D eigenvalue weighted by Crippen LogP contribution is 2.51. The van der Waals surface area contributed by atoms with E-state index in [1.807, 2.05) is 0 Å². The van der Waals surface area contributed by atoms with Crippen molar-refractivity contribution in [3.8, 4) is 5.75 Å². The molecule has 14 heteroatoms. The lowest BCUT2D eigenvalue weighted by molar-refractivity contribution is -0.144. The Labute approximate surface area is 211 Å². The van der Waals surface area contributed by atoms with Crippen LogP contribution in [0.15, 0.2) is 41.3 Å². The molecule has 3 N–H and O–H groups in total. The number of rotatable bonds is 9. The number of halogens is 1. The average Bonchev–Trinajstić information content (AvgIpc) is 3.02. The number of carbonyl (C=O) groups excluding carboxylic acids is 1. The second-order valence-corrected chi connectivity index (χ2v) is 11.1. The van der Waals surface area contributed by atoms with E-state index in [-0.39, 0.29) is 16.7 Å². The predicted molar refractivity (Wildman–Crippen MR) is 128 cm³/mol. The number of esters is 1. The number of methoxy groups -OCH3 is 1. The van der Waals surface area contributed by atoms with Gasteiger partial charge in [-0.1, -0.05) is 18.5 Å². The van der Waals surface area contributed by atoms with E-state index in [9.17, 15) is 24.4 Å². The van der Waals surface area contributed by atoms with Crippen molar-refractivity contribution in [2.75, 3.05) is 19.9 Å². The molecule has 0 radical (unpaired) electrons. The Morgan fingerprint density at radius 1 is 1.37 bits per heavy atom. The van der Waals surface area contributed by atoms with Crippen molar-refractivity contribution in [1.82, 2.24) is 9.55 Å². The number of aliphatic hydroxyl groups excluding tert-OH is 1. The number of aliphatic hydroxyl groups is 2. The summed E-state index contributed by atoms with van der Waals surface area (Å²) < 4.78 is 36.6. The quantitative estimate of drug-likeness (QED) is 0.242. The van der Waals surface area contributed by atoms with Gasteiger partial charge in [0.2, 0.25) is 0 Å². The Morgan fingerprint density at radius 2 is 2.03 bits per heavy atom.